The van der Waals surface area contributed by atoms with Gasteiger partial charge in [-0.05, 0) is 17.7 Å². The second kappa shape index (κ2) is 8.65. The van der Waals surface area contributed by atoms with Crippen LogP contribution in [0.1, 0.15) is 11.1 Å². The summed E-state index contributed by atoms with van der Waals surface area (Å²) in [5.74, 6) is -12.8. The standard InChI is InChI=1S/C17H12F5NO6S/c1-28-10-4-3-8(5-11(10)29-2)7-30(26,27)12(23(24)25)6-9-13(18)15(20)17(22)16(21)14(9)19/h3-6H,7H2,1-2H3/b12-6+. The lowest BCUT2D eigenvalue weighted by Crippen LogP contribution is -2.15. The van der Waals surface area contributed by atoms with E-state index in [1.54, 1.807) is 0 Å². The lowest BCUT2D eigenvalue weighted by molar-refractivity contribution is -0.410. The Morgan fingerprint density at radius 1 is 0.967 bits per heavy atom. The Morgan fingerprint density at radius 3 is 1.93 bits per heavy atom. The molecule has 13 heteroatoms. The molecule has 0 aliphatic heterocycles. The number of rotatable bonds is 7. The van der Waals surface area contributed by atoms with Crippen LogP contribution in [0.2, 0.25) is 0 Å². The number of nitro groups is 1. The van der Waals surface area contributed by atoms with Crippen molar-refractivity contribution in [2.24, 2.45) is 0 Å². The number of hydrogen-bond donors (Lipinski definition) is 0. The highest BCUT2D eigenvalue weighted by Gasteiger charge is 2.33. The summed E-state index contributed by atoms with van der Waals surface area (Å²) < 4.78 is 102. The highest BCUT2D eigenvalue weighted by atomic mass is 32.2. The third-order valence-electron chi connectivity index (χ3n) is 3.81. The fourth-order valence-corrected chi connectivity index (χ4v) is 3.68. The predicted octanol–water partition coefficient (Wildman–Crippen LogP) is 3.59. The molecule has 0 aliphatic rings. The molecule has 0 bridgehead atoms. The van der Waals surface area contributed by atoms with E-state index >= 15 is 0 Å². The summed E-state index contributed by atoms with van der Waals surface area (Å²) in [6, 6.07) is 3.73. The fraction of sp³-hybridized carbons (Fsp3) is 0.176. The average Bonchev–Trinajstić information content (AvgIpc) is 2.69. The fourth-order valence-electron chi connectivity index (χ4n) is 2.39. The predicted molar refractivity (Wildman–Crippen MR) is 93.4 cm³/mol. The van der Waals surface area contributed by atoms with E-state index in [2.05, 4.69) is 0 Å². The van der Waals surface area contributed by atoms with Crippen molar-refractivity contribution < 1.29 is 44.8 Å². The highest BCUT2D eigenvalue weighted by molar-refractivity contribution is 7.94. The molecule has 0 saturated carbocycles. The van der Waals surface area contributed by atoms with Crippen molar-refractivity contribution in [3.8, 4) is 11.5 Å². The molecule has 0 N–H and O–H groups in total. The molecule has 2 rings (SSSR count). The Hall–Kier alpha value is -3.22. The summed E-state index contributed by atoms with van der Waals surface area (Å²) in [5.41, 5.74) is -1.79. The normalized spacial score (nSPS) is 12.0. The van der Waals surface area contributed by atoms with Gasteiger partial charge >= 0.3 is 5.03 Å². The van der Waals surface area contributed by atoms with Gasteiger partial charge in [0.2, 0.25) is 15.7 Å². The maximum absolute atomic E-state index is 13.8. The molecular weight excluding hydrogens is 441 g/mol. The zero-order chi connectivity index (χ0) is 22.8. The van der Waals surface area contributed by atoms with Crippen LogP contribution in [0.25, 0.3) is 6.08 Å². The van der Waals surface area contributed by atoms with Gasteiger partial charge in [0.1, 0.15) is 0 Å². The van der Waals surface area contributed by atoms with E-state index in [4.69, 9.17) is 9.47 Å². The molecule has 0 atom stereocenters. The van der Waals surface area contributed by atoms with Crippen LogP contribution >= 0.6 is 0 Å². The molecule has 0 spiro atoms. The lowest BCUT2D eigenvalue weighted by atomic mass is 10.1. The number of sulfone groups is 1. The van der Waals surface area contributed by atoms with E-state index in [1.807, 2.05) is 0 Å². The van der Waals surface area contributed by atoms with Crippen LogP contribution in [-0.4, -0.2) is 27.6 Å². The summed E-state index contributed by atoms with van der Waals surface area (Å²) >= 11 is 0. The van der Waals surface area contributed by atoms with Gasteiger partial charge in [-0.3, -0.25) is 10.1 Å². The van der Waals surface area contributed by atoms with Crippen molar-refractivity contribution >= 4 is 15.9 Å². The molecule has 0 radical (unpaired) electrons. The van der Waals surface area contributed by atoms with Gasteiger partial charge in [0.05, 0.1) is 30.5 Å². The van der Waals surface area contributed by atoms with Crippen molar-refractivity contribution in [1.29, 1.82) is 0 Å². The molecule has 0 fully saturated rings. The molecule has 0 aliphatic carbocycles. The van der Waals surface area contributed by atoms with Gasteiger partial charge in [0, 0.05) is 6.08 Å². The molecule has 2 aromatic rings. The van der Waals surface area contributed by atoms with E-state index in [0.717, 1.165) is 0 Å². The van der Waals surface area contributed by atoms with E-state index in [-0.39, 0.29) is 23.1 Å². The first-order valence-corrected chi connectivity index (χ1v) is 9.41. The van der Waals surface area contributed by atoms with Gasteiger partial charge in [-0.2, -0.15) is 0 Å². The van der Waals surface area contributed by atoms with Gasteiger partial charge in [-0.25, -0.2) is 30.4 Å². The topological polar surface area (TPSA) is 95.7 Å². The zero-order valence-corrected chi connectivity index (χ0v) is 16.0. The van der Waals surface area contributed by atoms with Crippen molar-refractivity contribution in [2.75, 3.05) is 14.2 Å². The molecular formula is C17H12F5NO6S. The summed E-state index contributed by atoms with van der Waals surface area (Å²) in [5, 5.41) is 9.47. The van der Waals surface area contributed by atoms with E-state index < -0.39 is 60.2 Å². The number of ether oxygens (including phenoxy) is 2. The van der Waals surface area contributed by atoms with Crippen LogP contribution in [0.5, 0.6) is 11.5 Å². The lowest BCUT2D eigenvalue weighted by Gasteiger charge is -2.09. The van der Waals surface area contributed by atoms with Crippen LogP contribution in [-0.2, 0) is 15.6 Å². The van der Waals surface area contributed by atoms with Crippen LogP contribution in [0.3, 0.4) is 0 Å². The van der Waals surface area contributed by atoms with Crippen molar-refractivity contribution in [3.05, 3.63) is 73.6 Å². The Bertz CT molecular complexity index is 1120. The smallest absolute Gasteiger partial charge is 0.360 e. The SMILES string of the molecule is COc1ccc(CS(=O)(=O)/C(=C/c2c(F)c(F)c(F)c(F)c2F)[N+](=O)[O-])cc1OC. The van der Waals surface area contributed by atoms with Crippen LogP contribution in [0.15, 0.2) is 23.2 Å². The summed E-state index contributed by atoms with van der Waals surface area (Å²) in [6.45, 7) is 0. The number of hydrogen-bond acceptors (Lipinski definition) is 6. The Morgan fingerprint density at radius 2 is 1.47 bits per heavy atom. The number of benzene rings is 2. The minimum Gasteiger partial charge on any atom is -0.493 e. The molecule has 0 aromatic heterocycles. The minimum atomic E-state index is -4.89. The largest absolute Gasteiger partial charge is 0.493 e. The maximum atomic E-state index is 13.8. The first-order chi connectivity index (χ1) is 13.9. The minimum absolute atomic E-state index is 0.0298. The van der Waals surface area contributed by atoms with Crippen LogP contribution in [0, 0.1) is 39.2 Å². The van der Waals surface area contributed by atoms with E-state index in [1.165, 1.54) is 32.4 Å². The third-order valence-corrected chi connectivity index (χ3v) is 5.43. The summed E-state index contributed by atoms with van der Waals surface area (Å²) in [4.78, 5) is 9.72. The number of methoxy groups -OCH3 is 2. The molecule has 162 valence electrons. The third kappa shape index (κ3) is 4.35. The molecule has 2 aromatic carbocycles. The van der Waals surface area contributed by atoms with Crippen molar-refractivity contribution in [1.82, 2.24) is 0 Å². The Balaban J connectivity index is 2.60. The second-order valence-corrected chi connectivity index (χ2v) is 7.61. The van der Waals surface area contributed by atoms with Crippen molar-refractivity contribution in [3.63, 3.8) is 0 Å². The summed E-state index contributed by atoms with van der Waals surface area (Å²) in [7, 11) is -2.33. The maximum Gasteiger partial charge on any atom is 0.360 e. The number of nitrogens with zero attached hydrogens (tertiary/aromatic N) is 1. The second-order valence-electron chi connectivity index (χ2n) is 5.67. The van der Waals surface area contributed by atoms with E-state index in [9.17, 15) is 40.5 Å². The first kappa shape index (κ1) is 23.1. The molecule has 0 heterocycles. The van der Waals surface area contributed by atoms with Gasteiger partial charge in [-0.1, -0.05) is 6.07 Å². The van der Waals surface area contributed by atoms with Gasteiger partial charge in [0.15, 0.2) is 34.8 Å². The van der Waals surface area contributed by atoms with E-state index in [0.29, 0.717) is 0 Å². The Kier molecular flexibility index (Phi) is 6.65. The molecule has 0 amide bonds. The van der Waals surface area contributed by atoms with Crippen LogP contribution < -0.4 is 9.47 Å². The molecule has 7 nitrogen and oxygen atoms in total. The molecule has 30 heavy (non-hydrogen) atoms. The van der Waals surface area contributed by atoms with Gasteiger partial charge in [0.25, 0.3) is 0 Å². The zero-order valence-electron chi connectivity index (χ0n) is 15.2. The Labute approximate surface area is 166 Å². The van der Waals surface area contributed by atoms with Crippen LogP contribution in [0.4, 0.5) is 22.0 Å². The molecule has 0 unspecified atom stereocenters. The quantitative estimate of drug-likeness (QED) is 0.209. The number of halogens is 5. The van der Waals surface area contributed by atoms with Gasteiger partial charge in [-0.15, -0.1) is 0 Å². The first-order valence-electron chi connectivity index (χ1n) is 7.75. The summed E-state index contributed by atoms with van der Waals surface area (Å²) in [6.07, 6.45) is -0.216. The average molecular weight is 453 g/mol. The highest BCUT2D eigenvalue weighted by Crippen LogP contribution is 2.30. The monoisotopic (exact) mass is 453 g/mol. The molecule has 0 saturated heterocycles. The van der Waals surface area contributed by atoms with Gasteiger partial charge < -0.3 is 9.47 Å². The van der Waals surface area contributed by atoms with Crippen molar-refractivity contribution in [2.45, 2.75) is 5.75 Å².